The number of fused-ring (bicyclic) bond motifs is 1. The van der Waals surface area contributed by atoms with Crippen molar-refractivity contribution in [3.63, 3.8) is 0 Å². The molecule has 0 saturated heterocycles. The number of rotatable bonds is 7. The second kappa shape index (κ2) is 8.31. The highest BCUT2D eigenvalue weighted by molar-refractivity contribution is 5.87. The molecule has 0 aromatic carbocycles. The third kappa shape index (κ3) is 3.63. The quantitative estimate of drug-likeness (QED) is 0.563. The lowest BCUT2D eigenvalue weighted by Gasteiger charge is -2.15. The van der Waals surface area contributed by atoms with Gasteiger partial charge in [-0.25, -0.2) is 4.98 Å². The van der Waals surface area contributed by atoms with E-state index in [1.165, 1.54) is 5.56 Å². The third-order valence-electron chi connectivity index (χ3n) is 5.44. The normalized spacial score (nSPS) is 12.7. The first kappa shape index (κ1) is 20.3. The smallest absolute Gasteiger partial charge is 0.221 e. The van der Waals surface area contributed by atoms with Crippen LogP contribution in [0, 0.1) is 6.92 Å². The number of hydrogen-bond acceptors (Lipinski definition) is 4. The van der Waals surface area contributed by atoms with Gasteiger partial charge in [0, 0.05) is 54.4 Å². The van der Waals surface area contributed by atoms with E-state index in [0.717, 1.165) is 40.0 Å². The first-order chi connectivity index (χ1) is 13.4. The Balaban J connectivity index is 2.17. The van der Waals surface area contributed by atoms with Crippen molar-refractivity contribution in [2.24, 2.45) is 7.05 Å². The molecule has 0 bridgehead atoms. The highest BCUT2D eigenvalue weighted by Gasteiger charge is 2.20. The lowest BCUT2D eigenvalue weighted by molar-refractivity contribution is 0.178. The predicted molar refractivity (Wildman–Crippen MR) is 114 cm³/mol. The molecule has 3 rings (SSSR count). The average molecular weight is 382 g/mol. The van der Waals surface area contributed by atoms with Gasteiger partial charge >= 0.3 is 0 Å². The van der Waals surface area contributed by atoms with Crippen molar-refractivity contribution in [2.45, 2.75) is 46.0 Å². The van der Waals surface area contributed by atoms with E-state index in [4.69, 9.17) is 19.4 Å². The van der Waals surface area contributed by atoms with E-state index in [1.54, 1.807) is 14.2 Å². The first-order valence-corrected chi connectivity index (χ1v) is 9.92. The third-order valence-corrected chi connectivity index (χ3v) is 5.44. The lowest BCUT2D eigenvalue weighted by atomic mass is 9.97. The van der Waals surface area contributed by atoms with Crippen LogP contribution in [0.15, 0.2) is 24.4 Å². The predicted octanol–water partition coefficient (Wildman–Crippen LogP) is 5.22. The van der Waals surface area contributed by atoms with Crippen molar-refractivity contribution in [1.29, 1.82) is 0 Å². The topological polar surface area (TPSA) is 49.2 Å². The van der Waals surface area contributed by atoms with Crippen molar-refractivity contribution >= 4 is 11.0 Å². The molecule has 1 unspecified atom stereocenters. The molecule has 5 nitrogen and oxygen atoms in total. The van der Waals surface area contributed by atoms with E-state index in [0.29, 0.717) is 24.3 Å². The summed E-state index contributed by atoms with van der Waals surface area (Å²) in [6, 6.07) is 6.38. The van der Waals surface area contributed by atoms with Gasteiger partial charge in [-0.2, -0.15) is 0 Å². The summed E-state index contributed by atoms with van der Waals surface area (Å²) in [4.78, 5) is 9.71. The van der Waals surface area contributed by atoms with Gasteiger partial charge in [-0.1, -0.05) is 20.8 Å². The Labute approximate surface area is 167 Å². The number of aromatic nitrogens is 3. The Morgan fingerprint density at radius 2 is 1.86 bits per heavy atom. The number of aryl methyl sites for hydroxylation is 2. The van der Waals surface area contributed by atoms with Gasteiger partial charge < -0.3 is 14.0 Å². The SMILES string of the molecule is CCC(COC)c1cn(C)c2cc(-c3ccc(C(C)C)nc3OC)c(C)nc12. The fourth-order valence-electron chi connectivity index (χ4n) is 3.75. The van der Waals surface area contributed by atoms with Gasteiger partial charge in [0.2, 0.25) is 5.88 Å². The molecule has 0 aliphatic heterocycles. The molecular formula is C23H31N3O2. The Bertz CT molecular complexity index is 976. The molecule has 0 radical (unpaired) electrons. The Hall–Kier alpha value is -2.40. The monoisotopic (exact) mass is 381 g/mol. The van der Waals surface area contributed by atoms with Crippen LogP contribution in [0.1, 0.15) is 56.0 Å². The lowest BCUT2D eigenvalue weighted by Crippen LogP contribution is -2.05. The molecule has 150 valence electrons. The van der Waals surface area contributed by atoms with Crippen molar-refractivity contribution < 1.29 is 9.47 Å². The molecule has 0 saturated carbocycles. The van der Waals surface area contributed by atoms with Crippen LogP contribution in [-0.2, 0) is 11.8 Å². The van der Waals surface area contributed by atoms with Crippen LogP contribution < -0.4 is 4.74 Å². The van der Waals surface area contributed by atoms with Gasteiger partial charge in [-0.15, -0.1) is 0 Å². The number of ether oxygens (including phenoxy) is 2. The highest BCUT2D eigenvalue weighted by Crippen LogP contribution is 2.36. The van der Waals surface area contributed by atoms with Crippen LogP contribution in [0.3, 0.4) is 0 Å². The summed E-state index contributed by atoms with van der Waals surface area (Å²) < 4.78 is 13.2. The van der Waals surface area contributed by atoms with Crippen LogP contribution in [-0.4, -0.2) is 35.4 Å². The fraction of sp³-hybridized carbons (Fsp3) is 0.478. The summed E-state index contributed by atoms with van der Waals surface area (Å²) >= 11 is 0. The van der Waals surface area contributed by atoms with Crippen LogP contribution in [0.25, 0.3) is 22.2 Å². The summed E-state index contributed by atoms with van der Waals surface area (Å²) in [5, 5.41) is 0. The Morgan fingerprint density at radius 1 is 1.11 bits per heavy atom. The molecule has 0 spiro atoms. The van der Waals surface area contributed by atoms with Crippen molar-refractivity contribution in [3.05, 3.63) is 41.3 Å². The zero-order valence-electron chi connectivity index (χ0n) is 18.0. The summed E-state index contributed by atoms with van der Waals surface area (Å²) in [5.74, 6) is 1.34. The van der Waals surface area contributed by atoms with Gasteiger partial charge in [0.15, 0.2) is 0 Å². The maximum Gasteiger partial charge on any atom is 0.221 e. The van der Waals surface area contributed by atoms with Gasteiger partial charge in [-0.3, -0.25) is 4.98 Å². The minimum atomic E-state index is 0.341. The van der Waals surface area contributed by atoms with Crippen LogP contribution in [0.2, 0.25) is 0 Å². The molecule has 3 aromatic heterocycles. The molecule has 3 heterocycles. The maximum atomic E-state index is 5.62. The minimum absolute atomic E-state index is 0.341. The van der Waals surface area contributed by atoms with E-state index in [9.17, 15) is 0 Å². The van der Waals surface area contributed by atoms with Gasteiger partial charge in [-0.05, 0) is 37.5 Å². The van der Waals surface area contributed by atoms with E-state index >= 15 is 0 Å². The molecule has 0 aliphatic carbocycles. The molecular weight excluding hydrogens is 350 g/mol. The highest BCUT2D eigenvalue weighted by atomic mass is 16.5. The van der Waals surface area contributed by atoms with Crippen LogP contribution >= 0.6 is 0 Å². The van der Waals surface area contributed by atoms with E-state index < -0.39 is 0 Å². The molecule has 0 N–H and O–H groups in total. The van der Waals surface area contributed by atoms with Gasteiger partial charge in [0.1, 0.15) is 0 Å². The van der Waals surface area contributed by atoms with Gasteiger partial charge in [0.25, 0.3) is 0 Å². The largest absolute Gasteiger partial charge is 0.481 e. The molecule has 0 amide bonds. The molecule has 1 atom stereocenters. The number of methoxy groups -OCH3 is 2. The van der Waals surface area contributed by atoms with E-state index in [1.807, 2.05) is 0 Å². The number of hydrogen-bond donors (Lipinski definition) is 0. The van der Waals surface area contributed by atoms with Crippen molar-refractivity contribution in [1.82, 2.24) is 14.5 Å². The molecule has 0 fully saturated rings. The Morgan fingerprint density at radius 3 is 2.46 bits per heavy atom. The standard InChI is InChI=1S/C23H31N3O2/c1-8-16(13-27-6)19-12-26(5)21-11-18(15(4)24-22(19)21)17-9-10-20(14(2)3)25-23(17)28-7/h9-12,14,16H,8,13H2,1-7H3. The van der Waals surface area contributed by atoms with Crippen LogP contribution in [0.4, 0.5) is 0 Å². The van der Waals surface area contributed by atoms with E-state index in [-0.39, 0.29) is 0 Å². The molecule has 5 heteroatoms. The first-order valence-electron chi connectivity index (χ1n) is 9.92. The molecule has 0 aliphatic rings. The Kier molecular flexibility index (Phi) is 6.04. The molecule has 28 heavy (non-hydrogen) atoms. The number of nitrogens with zero attached hydrogens (tertiary/aromatic N) is 3. The maximum absolute atomic E-state index is 5.62. The van der Waals surface area contributed by atoms with Crippen LogP contribution in [0.5, 0.6) is 5.88 Å². The summed E-state index contributed by atoms with van der Waals surface area (Å²) in [5.41, 5.74) is 7.45. The minimum Gasteiger partial charge on any atom is -0.481 e. The zero-order valence-corrected chi connectivity index (χ0v) is 18.0. The summed E-state index contributed by atoms with van der Waals surface area (Å²) in [7, 11) is 5.50. The van der Waals surface area contributed by atoms with Crippen molar-refractivity contribution in [2.75, 3.05) is 20.8 Å². The zero-order chi connectivity index (χ0) is 20.4. The second-order valence-corrected chi connectivity index (χ2v) is 7.69. The van der Waals surface area contributed by atoms with E-state index in [2.05, 4.69) is 63.7 Å². The van der Waals surface area contributed by atoms with Gasteiger partial charge in [0.05, 0.1) is 24.8 Å². The average Bonchev–Trinajstić information content (AvgIpc) is 3.00. The second-order valence-electron chi connectivity index (χ2n) is 7.69. The fourth-order valence-corrected chi connectivity index (χ4v) is 3.75. The summed E-state index contributed by atoms with van der Waals surface area (Å²) in [6.45, 7) is 9.22. The van der Waals surface area contributed by atoms with Crippen molar-refractivity contribution in [3.8, 4) is 17.0 Å². The molecule has 3 aromatic rings. The summed E-state index contributed by atoms with van der Waals surface area (Å²) in [6.07, 6.45) is 3.20. The number of pyridine rings is 2.